The van der Waals surface area contributed by atoms with Crippen molar-refractivity contribution in [2.75, 3.05) is 65.3 Å². The van der Waals surface area contributed by atoms with Crippen LogP contribution in [0.15, 0.2) is 0 Å². The fourth-order valence-corrected chi connectivity index (χ4v) is 2.53. The van der Waals surface area contributed by atoms with E-state index in [1.165, 1.54) is 25.7 Å². The van der Waals surface area contributed by atoms with E-state index in [1.54, 1.807) is 0 Å². The number of unbranched alkanes of at least 4 members (excludes halogenated alkanes) is 4. The Bertz CT molecular complexity index is 256. The molecule has 0 amide bonds. The molecule has 1 atom stereocenters. The highest BCUT2D eigenvalue weighted by Gasteiger charge is 2.07. The highest BCUT2D eigenvalue weighted by molar-refractivity contribution is 6.18. The summed E-state index contributed by atoms with van der Waals surface area (Å²) in [4.78, 5) is 0. The maximum Gasteiger partial charge on any atom is 0.0711 e. The second-order valence-electron chi connectivity index (χ2n) is 6.30. The molecule has 0 N–H and O–H groups in total. The Kier molecular flexibility index (Phi) is 23.2. The minimum Gasteiger partial charge on any atom is -0.379 e. The van der Waals surface area contributed by atoms with Crippen LogP contribution >= 0.6 is 11.6 Å². The molecule has 0 aromatic rings. The van der Waals surface area contributed by atoms with Crippen LogP contribution < -0.4 is 0 Å². The standard InChI is InChI=1S/C20H41ClO5/c1-3-5-7-8-9-20(19-21)26-18-17-25-16-15-24-14-13-23-12-11-22-10-6-4-2/h20H,3-19H2,1-2H3/t20-/m1/s1. The molecule has 6 heteroatoms. The van der Waals surface area contributed by atoms with E-state index >= 15 is 0 Å². The van der Waals surface area contributed by atoms with Gasteiger partial charge in [-0.2, -0.15) is 0 Å². The molecule has 0 aromatic heterocycles. The van der Waals surface area contributed by atoms with E-state index in [2.05, 4.69) is 13.8 Å². The summed E-state index contributed by atoms with van der Waals surface area (Å²) in [6.07, 6.45) is 8.45. The SMILES string of the molecule is CCCCCC[C@H](CCl)OCCOCCOCCOCCOCCCC. The Morgan fingerprint density at radius 3 is 1.58 bits per heavy atom. The van der Waals surface area contributed by atoms with E-state index in [9.17, 15) is 0 Å². The number of rotatable bonds is 22. The molecule has 0 spiro atoms. The van der Waals surface area contributed by atoms with Crippen molar-refractivity contribution in [1.29, 1.82) is 0 Å². The summed E-state index contributed by atoms with van der Waals surface area (Å²) < 4.78 is 27.5. The van der Waals surface area contributed by atoms with E-state index in [1.807, 2.05) is 0 Å². The van der Waals surface area contributed by atoms with E-state index in [-0.39, 0.29) is 6.10 Å². The highest BCUT2D eigenvalue weighted by Crippen LogP contribution is 2.09. The summed E-state index contributed by atoms with van der Waals surface area (Å²) in [6.45, 7) is 9.97. The third-order valence-corrected chi connectivity index (χ3v) is 4.24. The molecule has 0 aliphatic carbocycles. The number of alkyl halides is 1. The fourth-order valence-electron chi connectivity index (χ4n) is 2.29. The van der Waals surface area contributed by atoms with Gasteiger partial charge >= 0.3 is 0 Å². The van der Waals surface area contributed by atoms with Crippen LogP contribution in [0.25, 0.3) is 0 Å². The molecular weight excluding hydrogens is 356 g/mol. The van der Waals surface area contributed by atoms with Crippen LogP contribution in [-0.4, -0.2) is 71.4 Å². The van der Waals surface area contributed by atoms with E-state index in [0.717, 1.165) is 25.9 Å². The average molecular weight is 397 g/mol. The van der Waals surface area contributed by atoms with Gasteiger partial charge in [-0.25, -0.2) is 0 Å². The minimum absolute atomic E-state index is 0.150. The lowest BCUT2D eigenvalue weighted by Gasteiger charge is -2.15. The smallest absolute Gasteiger partial charge is 0.0711 e. The molecule has 0 unspecified atom stereocenters. The van der Waals surface area contributed by atoms with Gasteiger partial charge in [0, 0.05) is 12.5 Å². The van der Waals surface area contributed by atoms with Gasteiger partial charge in [-0.1, -0.05) is 46.0 Å². The van der Waals surface area contributed by atoms with Gasteiger partial charge in [0.2, 0.25) is 0 Å². The van der Waals surface area contributed by atoms with Crippen LogP contribution in [0.3, 0.4) is 0 Å². The molecule has 0 aliphatic rings. The van der Waals surface area contributed by atoms with Gasteiger partial charge in [0.15, 0.2) is 0 Å². The van der Waals surface area contributed by atoms with Gasteiger partial charge < -0.3 is 23.7 Å². The molecule has 0 aromatic carbocycles. The first-order valence-electron chi connectivity index (χ1n) is 10.3. The first-order chi connectivity index (χ1) is 12.8. The molecule has 0 radical (unpaired) electrons. The van der Waals surface area contributed by atoms with Crippen molar-refractivity contribution in [3.05, 3.63) is 0 Å². The van der Waals surface area contributed by atoms with Gasteiger partial charge in [-0.3, -0.25) is 0 Å². The zero-order chi connectivity index (χ0) is 19.1. The Balaban J connectivity index is 3.18. The van der Waals surface area contributed by atoms with Gasteiger partial charge in [-0.05, 0) is 12.8 Å². The molecule has 0 aliphatic heterocycles. The van der Waals surface area contributed by atoms with Crippen LogP contribution in [0, 0.1) is 0 Å². The van der Waals surface area contributed by atoms with Gasteiger partial charge in [0.1, 0.15) is 0 Å². The van der Waals surface area contributed by atoms with E-state index < -0.39 is 0 Å². The number of hydrogen-bond donors (Lipinski definition) is 0. The van der Waals surface area contributed by atoms with Crippen molar-refractivity contribution in [3.8, 4) is 0 Å². The van der Waals surface area contributed by atoms with Crippen molar-refractivity contribution < 1.29 is 23.7 Å². The zero-order valence-electron chi connectivity index (χ0n) is 17.0. The van der Waals surface area contributed by atoms with Crippen LogP contribution in [0.4, 0.5) is 0 Å². The van der Waals surface area contributed by atoms with Crippen molar-refractivity contribution in [2.24, 2.45) is 0 Å². The maximum atomic E-state index is 5.94. The molecule has 0 bridgehead atoms. The summed E-state index contributed by atoms with van der Waals surface area (Å²) in [7, 11) is 0. The Morgan fingerprint density at radius 2 is 1.08 bits per heavy atom. The molecular formula is C20H41ClO5. The summed E-state index contributed by atoms with van der Waals surface area (Å²) in [5.41, 5.74) is 0. The van der Waals surface area contributed by atoms with Gasteiger partial charge in [0.05, 0.1) is 59.0 Å². The Hall–Kier alpha value is 0.0900. The second-order valence-corrected chi connectivity index (χ2v) is 6.61. The molecule has 0 rings (SSSR count). The third kappa shape index (κ3) is 20.4. The largest absolute Gasteiger partial charge is 0.379 e. The summed E-state index contributed by atoms with van der Waals surface area (Å²) in [5, 5.41) is 0. The number of hydrogen-bond acceptors (Lipinski definition) is 5. The minimum atomic E-state index is 0.150. The molecule has 26 heavy (non-hydrogen) atoms. The lowest BCUT2D eigenvalue weighted by atomic mass is 10.1. The molecule has 0 saturated carbocycles. The van der Waals surface area contributed by atoms with Gasteiger partial charge in [0.25, 0.3) is 0 Å². The lowest BCUT2D eigenvalue weighted by molar-refractivity contribution is -0.0208. The third-order valence-electron chi connectivity index (χ3n) is 3.89. The van der Waals surface area contributed by atoms with E-state index in [4.69, 9.17) is 35.3 Å². The van der Waals surface area contributed by atoms with Crippen molar-refractivity contribution in [3.63, 3.8) is 0 Å². The second kappa shape index (κ2) is 23.1. The summed E-state index contributed by atoms with van der Waals surface area (Å²) in [6, 6.07) is 0. The van der Waals surface area contributed by atoms with Crippen molar-refractivity contribution in [1.82, 2.24) is 0 Å². The normalized spacial score (nSPS) is 12.6. The average Bonchev–Trinajstić information content (AvgIpc) is 2.66. The van der Waals surface area contributed by atoms with Crippen LogP contribution in [0.1, 0.15) is 58.8 Å². The first-order valence-corrected chi connectivity index (χ1v) is 10.9. The lowest BCUT2D eigenvalue weighted by Crippen LogP contribution is -2.19. The van der Waals surface area contributed by atoms with Crippen LogP contribution in [-0.2, 0) is 23.7 Å². The monoisotopic (exact) mass is 396 g/mol. The Labute approximate surface area is 166 Å². The van der Waals surface area contributed by atoms with Crippen molar-refractivity contribution in [2.45, 2.75) is 64.9 Å². The van der Waals surface area contributed by atoms with Crippen LogP contribution in [0.5, 0.6) is 0 Å². The highest BCUT2D eigenvalue weighted by atomic mass is 35.5. The predicted octanol–water partition coefficient (Wildman–Crippen LogP) is 4.45. The molecule has 0 fully saturated rings. The molecule has 0 heterocycles. The quantitative estimate of drug-likeness (QED) is 0.200. The summed E-state index contributed by atoms with van der Waals surface area (Å²) >= 11 is 5.94. The summed E-state index contributed by atoms with van der Waals surface area (Å²) in [5.74, 6) is 0.554. The van der Waals surface area contributed by atoms with E-state index in [0.29, 0.717) is 58.7 Å². The first kappa shape index (κ1) is 26.1. The zero-order valence-corrected chi connectivity index (χ0v) is 17.8. The predicted molar refractivity (Wildman–Crippen MR) is 107 cm³/mol. The van der Waals surface area contributed by atoms with Crippen molar-refractivity contribution >= 4 is 11.6 Å². The van der Waals surface area contributed by atoms with Gasteiger partial charge in [-0.15, -0.1) is 11.6 Å². The number of ether oxygens (including phenoxy) is 5. The fraction of sp³-hybridized carbons (Fsp3) is 1.00. The number of halogens is 1. The topological polar surface area (TPSA) is 46.2 Å². The van der Waals surface area contributed by atoms with Crippen LogP contribution in [0.2, 0.25) is 0 Å². The molecule has 0 saturated heterocycles. The maximum absolute atomic E-state index is 5.94. The Morgan fingerprint density at radius 1 is 0.577 bits per heavy atom. The molecule has 158 valence electrons. The molecule has 5 nitrogen and oxygen atoms in total.